The van der Waals surface area contributed by atoms with E-state index in [1.54, 1.807) is 0 Å². The number of rotatable bonds is 6. The molecular formula is C15H28N4O. The van der Waals surface area contributed by atoms with Gasteiger partial charge in [0.15, 0.2) is 0 Å². The molecule has 0 aromatic carbocycles. The molecule has 0 spiro atoms. The molecule has 0 bridgehead atoms. The number of nitrogens with two attached hydrogens (primary N) is 1. The van der Waals surface area contributed by atoms with Crippen LogP contribution in [0.4, 0.5) is 0 Å². The minimum atomic E-state index is 0.153. The van der Waals surface area contributed by atoms with Gasteiger partial charge in [-0.25, -0.2) is 0 Å². The summed E-state index contributed by atoms with van der Waals surface area (Å²) in [5, 5.41) is 4.73. The van der Waals surface area contributed by atoms with E-state index in [1.165, 1.54) is 0 Å². The van der Waals surface area contributed by atoms with Gasteiger partial charge in [-0.3, -0.25) is 9.58 Å². The first kappa shape index (κ1) is 15.5. The zero-order valence-corrected chi connectivity index (χ0v) is 13.0. The highest BCUT2D eigenvalue weighted by molar-refractivity contribution is 5.00. The van der Waals surface area contributed by atoms with Crippen LogP contribution < -0.4 is 5.73 Å². The van der Waals surface area contributed by atoms with Crippen LogP contribution in [-0.4, -0.2) is 46.5 Å². The second kappa shape index (κ2) is 7.20. The highest BCUT2D eigenvalue weighted by atomic mass is 16.5. The molecule has 1 aliphatic rings. The lowest BCUT2D eigenvalue weighted by molar-refractivity contribution is -0.0748. The first-order valence-corrected chi connectivity index (χ1v) is 7.78. The van der Waals surface area contributed by atoms with Gasteiger partial charge < -0.3 is 10.5 Å². The molecule has 20 heavy (non-hydrogen) atoms. The summed E-state index contributed by atoms with van der Waals surface area (Å²) in [6.07, 6.45) is 4.76. The summed E-state index contributed by atoms with van der Waals surface area (Å²) in [5.41, 5.74) is 6.87. The monoisotopic (exact) mass is 280 g/mol. The first-order chi connectivity index (χ1) is 9.66. The Bertz CT molecular complexity index is 402. The van der Waals surface area contributed by atoms with E-state index in [9.17, 15) is 0 Å². The zero-order valence-electron chi connectivity index (χ0n) is 13.0. The van der Waals surface area contributed by atoms with Crippen LogP contribution in [0.25, 0.3) is 0 Å². The Hall–Kier alpha value is -0.910. The molecule has 0 amide bonds. The Morgan fingerprint density at radius 2 is 2.15 bits per heavy atom. The largest absolute Gasteiger partial charge is 0.371 e. The number of hydrogen-bond donors (Lipinski definition) is 1. The van der Waals surface area contributed by atoms with Crippen LogP contribution in [-0.2, 0) is 11.3 Å². The van der Waals surface area contributed by atoms with E-state index >= 15 is 0 Å². The summed E-state index contributed by atoms with van der Waals surface area (Å²) in [6.45, 7) is 9.86. The third-order valence-electron chi connectivity index (χ3n) is 4.03. The fourth-order valence-electron chi connectivity index (χ4n) is 2.96. The van der Waals surface area contributed by atoms with Crippen LogP contribution in [0.5, 0.6) is 0 Å². The van der Waals surface area contributed by atoms with Crippen molar-refractivity contribution in [2.24, 2.45) is 5.73 Å². The predicted octanol–water partition coefficient (Wildman–Crippen LogP) is 1.79. The molecule has 5 nitrogen and oxygen atoms in total. The molecule has 114 valence electrons. The van der Waals surface area contributed by atoms with Crippen molar-refractivity contribution in [2.45, 2.75) is 58.4 Å². The molecule has 0 aliphatic carbocycles. The van der Waals surface area contributed by atoms with Gasteiger partial charge in [-0.15, -0.1) is 0 Å². The number of hydrogen-bond acceptors (Lipinski definition) is 4. The third kappa shape index (κ3) is 3.81. The van der Waals surface area contributed by atoms with E-state index in [0.29, 0.717) is 12.6 Å². The van der Waals surface area contributed by atoms with Crippen molar-refractivity contribution >= 4 is 0 Å². The van der Waals surface area contributed by atoms with Crippen molar-refractivity contribution in [3.63, 3.8) is 0 Å². The van der Waals surface area contributed by atoms with E-state index in [0.717, 1.165) is 38.2 Å². The third-order valence-corrected chi connectivity index (χ3v) is 4.03. The SMILES string of the molecule is CCC(CC)n1ccc(CN2CC(C)OC(CN)C2)n1. The fraction of sp³-hybridized carbons (Fsp3) is 0.800. The first-order valence-electron chi connectivity index (χ1n) is 7.78. The van der Waals surface area contributed by atoms with E-state index < -0.39 is 0 Å². The Kier molecular flexibility index (Phi) is 5.57. The van der Waals surface area contributed by atoms with Crippen LogP contribution in [0.1, 0.15) is 45.3 Å². The average Bonchev–Trinajstić information content (AvgIpc) is 2.88. The quantitative estimate of drug-likeness (QED) is 0.863. The Labute approximate surface area is 122 Å². The summed E-state index contributed by atoms with van der Waals surface area (Å²) in [4.78, 5) is 2.39. The van der Waals surface area contributed by atoms with Gasteiger partial charge in [0.05, 0.1) is 23.9 Å². The topological polar surface area (TPSA) is 56.3 Å². The maximum Gasteiger partial charge on any atom is 0.0828 e. The summed E-state index contributed by atoms with van der Waals surface area (Å²) in [6, 6.07) is 2.65. The average molecular weight is 280 g/mol. The van der Waals surface area contributed by atoms with E-state index in [-0.39, 0.29) is 12.2 Å². The predicted molar refractivity (Wildman–Crippen MR) is 80.5 cm³/mol. The zero-order chi connectivity index (χ0) is 14.5. The lowest BCUT2D eigenvalue weighted by Crippen LogP contribution is -2.48. The van der Waals surface area contributed by atoms with Crippen LogP contribution in [0.3, 0.4) is 0 Å². The van der Waals surface area contributed by atoms with Crippen LogP contribution in [0.15, 0.2) is 12.3 Å². The molecule has 1 fully saturated rings. The maximum absolute atomic E-state index is 5.79. The van der Waals surface area contributed by atoms with Crippen LogP contribution >= 0.6 is 0 Å². The molecule has 1 saturated heterocycles. The minimum absolute atomic E-state index is 0.153. The van der Waals surface area contributed by atoms with Gasteiger partial charge in [0.1, 0.15) is 0 Å². The highest BCUT2D eigenvalue weighted by Crippen LogP contribution is 2.17. The van der Waals surface area contributed by atoms with Gasteiger partial charge in [-0.05, 0) is 25.8 Å². The van der Waals surface area contributed by atoms with Crippen molar-refractivity contribution in [1.29, 1.82) is 0 Å². The summed E-state index contributed by atoms with van der Waals surface area (Å²) < 4.78 is 7.90. The molecule has 2 rings (SSSR count). The number of aromatic nitrogens is 2. The van der Waals surface area contributed by atoms with Gasteiger partial charge in [0.25, 0.3) is 0 Å². The van der Waals surface area contributed by atoms with Crippen molar-refractivity contribution in [2.75, 3.05) is 19.6 Å². The molecular weight excluding hydrogens is 252 g/mol. The van der Waals surface area contributed by atoms with Gasteiger partial charge in [-0.2, -0.15) is 5.10 Å². The summed E-state index contributed by atoms with van der Waals surface area (Å²) in [7, 11) is 0. The maximum atomic E-state index is 5.79. The molecule has 2 N–H and O–H groups in total. The van der Waals surface area contributed by atoms with Gasteiger partial charge in [0.2, 0.25) is 0 Å². The van der Waals surface area contributed by atoms with E-state index in [1.807, 2.05) is 0 Å². The Morgan fingerprint density at radius 1 is 1.40 bits per heavy atom. The standard InChI is InChI=1S/C15H28N4O/c1-4-14(5-2)19-7-6-13(17-19)10-18-9-12(3)20-15(8-16)11-18/h6-7,12,14-15H,4-5,8-11,16H2,1-3H3. The molecule has 1 aliphatic heterocycles. The minimum Gasteiger partial charge on any atom is -0.371 e. The smallest absolute Gasteiger partial charge is 0.0828 e. The normalized spacial score (nSPS) is 24.4. The summed E-state index contributed by atoms with van der Waals surface area (Å²) >= 11 is 0. The summed E-state index contributed by atoms with van der Waals surface area (Å²) in [5.74, 6) is 0. The number of ether oxygens (including phenoxy) is 1. The second-order valence-electron chi connectivity index (χ2n) is 5.76. The van der Waals surface area contributed by atoms with Gasteiger partial charge in [-0.1, -0.05) is 13.8 Å². The van der Waals surface area contributed by atoms with Crippen molar-refractivity contribution in [1.82, 2.24) is 14.7 Å². The van der Waals surface area contributed by atoms with E-state index in [4.69, 9.17) is 15.6 Å². The molecule has 0 saturated carbocycles. The number of nitrogens with zero attached hydrogens (tertiary/aromatic N) is 3. The lowest BCUT2D eigenvalue weighted by atomic mass is 10.2. The molecule has 2 heterocycles. The van der Waals surface area contributed by atoms with Crippen molar-refractivity contribution < 1.29 is 4.74 Å². The van der Waals surface area contributed by atoms with Crippen LogP contribution in [0.2, 0.25) is 0 Å². The van der Waals surface area contributed by atoms with E-state index in [2.05, 4.69) is 42.6 Å². The Morgan fingerprint density at radius 3 is 2.80 bits per heavy atom. The fourth-order valence-corrected chi connectivity index (χ4v) is 2.96. The molecule has 2 atom stereocenters. The van der Waals surface area contributed by atoms with Gasteiger partial charge >= 0.3 is 0 Å². The van der Waals surface area contributed by atoms with Gasteiger partial charge in [0, 0.05) is 32.4 Å². The molecule has 5 heteroatoms. The van der Waals surface area contributed by atoms with Crippen molar-refractivity contribution in [3.8, 4) is 0 Å². The molecule has 0 radical (unpaired) electrons. The highest BCUT2D eigenvalue weighted by Gasteiger charge is 2.24. The molecule has 1 aromatic rings. The van der Waals surface area contributed by atoms with Crippen molar-refractivity contribution in [3.05, 3.63) is 18.0 Å². The molecule has 2 unspecified atom stereocenters. The number of morpholine rings is 1. The Balaban J connectivity index is 1.96. The lowest BCUT2D eigenvalue weighted by Gasteiger charge is -2.35. The van der Waals surface area contributed by atoms with Crippen LogP contribution in [0, 0.1) is 0 Å². The second-order valence-corrected chi connectivity index (χ2v) is 5.76. The molecule has 1 aromatic heterocycles.